The lowest BCUT2D eigenvalue weighted by atomic mass is 9.54. The van der Waals surface area contributed by atoms with Gasteiger partial charge in [0.25, 0.3) is 0 Å². The summed E-state index contributed by atoms with van der Waals surface area (Å²) in [5, 5.41) is 3.76. The molecule has 0 aromatic carbocycles. The van der Waals surface area contributed by atoms with Crippen LogP contribution in [-0.2, 0) is 0 Å². The summed E-state index contributed by atoms with van der Waals surface area (Å²) in [4.78, 5) is 4.21. The summed E-state index contributed by atoms with van der Waals surface area (Å²) in [7, 11) is 0. The van der Waals surface area contributed by atoms with Gasteiger partial charge < -0.3 is 5.32 Å². The first-order valence-corrected chi connectivity index (χ1v) is 7.05. The molecule has 0 unspecified atom stereocenters. The molecule has 17 heavy (non-hydrogen) atoms. The van der Waals surface area contributed by atoms with Gasteiger partial charge in [0.15, 0.2) is 0 Å². The minimum absolute atomic E-state index is 0.729. The maximum absolute atomic E-state index is 4.21. The van der Waals surface area contributed by atoms with Crippen LogP contribution >= 0.6 is 0 Å². The van der Waals surface area contributed by atoms with Crippen LogP contribution in [0.2, 0.25) is 0 Å². The van der Waals surface area contributed by atoms with Crippen molar-refractivity contribution in [3.05, 3.63) is 24.5 Å². The standard InChI is InChI=1S/C15H20N2/c1-2-14(9-16-3-1)17-15-12-5-10-4-11(7-12)8-13(15)6-10/h1-3,9-13,15,17H,4-8H2. The first kappa shape index (κ1) is 9.93. The van der Waals surface area contributed by atoms with E-state index in [-0.39, 0.29) is 0 Å². The molecule has 4 bridgehead atoms. The molecule has 2 heteroatoms. The number of hydrogen-bond donors (Lipinski definition) is 1. The van der Waals surface area contributed by atoms with Crippen molar-refractivity contribution < 1.29 is 0 Å². The van der Waals surface area contributed by atoms with Gasteiger partial charge in [-0.15, -0.1) is 0 Å². The molecule has 4 fully saturated rings. The number of nitrogens with one attached hydrogen (secondary N) is 1. The molecule has 1 aromatic heterocycles. The molecule has 1 N–H and O–H groups in total. The molecule has 4 aliphatic carbocycles. The zero-order valence-corrected chi connectivity index (χ0v) is 10.2. The van der Waals surface area contributed by atoms with E-state index in [1.807, 2.05) is 18.5 Å². The Morgan fingerprint density at radius 1 is 1.00 bits per heavy atom. The van der Waals surface area contributed by atoms with Gasteiger partial charge in [0.05, 0.1) is 5.69 Å². The van der Waals surface area contributed by atoms with Gasteiger partial charge in [-0.3, -0.25) is 4.98 Å². The van der Waals surface area contributed by atoms with Gasteiger partial charge in [-0.2, -0.15) is 0 Å². The van der Waals surface area contributed by atoms with Crippen LogP contribution in [0.5, 0.6) is 0 Å². The predicted molar refractivity (Wildman–Crippen MR) is 68.7 cm³/mol. The molecule has 5 rings (SSSR count). The Morgan fingerprint density at radius 2 is 1.71 bits per heavy atom. The number of hydrogen-bond acceptors (Lipinski definition) is 2. The van der Waals surface area contributed by atoms with E-state index in [1.165, 1.54) is 37.8 Å². The highest BCUT2D eigenvalue weighted by molar-refractivity contribution is 5.41. The highest BCUT2D eigenvalue weighted by atomic mass is 15.0. The molecule has 0 atom stereocenters. The van der Waals surface area contributed by atoms with Crippen molar-refractivity contribution >= 4 is 5.69 Å². The predicted octanol–water partition coefficient (Wildman–Crippen LogP) is 3.32. The number of anilines is 1. The molecule has 0 aliphatic heterocycles. The summed E-state index contributed by atoms with van der Waals surface area (Å²) in [6.07, 6.45) is 11.3. The Balaban J connectivity index is 1.55. The maximum atomic E-state index is 4.21. The van der Waals surface area contributed by atoms with Crippen LogP contribution in [0.4, 0.5) is 5.69 Å². The molecule has 0 spiro atoms. The number of nitrogens with zero attached hydrogens (tertiary/aromatic N) is 1. The van der Waals surface area contributed by atoms with Crippen LogP contribution in [0.1, 0.15) is 32.1 Å². The van der Waals surface area contributed by atoms with Crippen molar-refractivity contribution in [3.8, 4) is 0 Å². The van der Waals surface area contributed by atoms with Crippen molar-refractivity contribution in [1.29, 1.82) is 0 Å². The molecule has 4 aliphatic rings. The summed E-state index contributed by atoms with van der Waals surface area (Å²) < 4.78 is 0. The Morgan fingerprint density at radius 3 is 2.29 bits per heavy atom. The Hall–Kier alpha value is -1.05. The van der Waals surface area contributed by atoms with Gasteiger partial charge in [-0.25, -0.2) is 0 Å². The second kappa shape index (κ2) is 3.72. The average molecular weight is 228 g/mol. The van der Waals surface area contributed by atoms with E-state index in [4.69, 9.17) is 0 Å². The molecule has 0 radical (unpaired) electrons. The fourth-order valence-corrected chi connectivity index (χ4v) is 4.80. The Labute approximate surface area is 103 Å². The molecule has 0 saturated heterocycles. The second-order valence-electron chi connectivity index (χ2n) is 6.34. The molecular formula is C15H20N2. The highest BCUT2D eigenvalue weighted by Gasteiger charge is 2.48. The van der Waals surface area contributed by atoms with Gasteiger partial charge in [-0.05, 0) is 67.9 Å². The van der Waals surface area contributed by atoms with E-state index < -0.39 is 0 Å². The monoisotopic (exact) mass is 228 g/mol. The first-order valence-electron chi connectivity index (χ1n) is 7.05. The normalized spacial score (nSPS) is 42.7. The van der Waals surface area contributed by atoms with Gasteiger partial charge in [-0.1, -0.05) is 0 Å². The van der Waals surface area contributed by atoms with Crippen LogP contribution in [0.3, 0.4) is 0 Å². The Kier molecular flexibility index (Phi) is 2.17. The van der Waals surface area contributed by atoms with Crippen molar-refractivity contribution in [1.82, 2.24) is 4.98 Å². The van der Waals surface area contributed by atoms with E-state index in [0.29, 0.717) is 0 Å². The second-order valence-corrected chi connectivity index (χ2v) is 6.34. The third-order valence-electron chi connectivity index (χ3n) is 5.22. The number of aromatic nitrogens is 1. The first-order chi connectivity index (χ1) is 8.38. The topological polar surface area (TPSA) is 24.9 Å². The average Bonchev–Trinajstić information content (AvgIpc) is 2.34. The van der Waals surface area contributed by atoms with Crippen LogP contribution < -0.4 is 5.32 Å². The lowest BCUT2D eigenvalue weighted by Crippen LogP contribution is -2.51. The number of pyridine rings is 1. The van der Waals surface area contributed by atoms with Crippen LogP contribution in [0, 0.1) is 23.7 Å². The highest BCUT2D eigenvalue weighted by Crippen LogP contribution is 2.54. The van der Waals surface area contributed by atoms with Crippen molar-refractivity contribution in [2.24, 2.45) is 23.7 Å². The summed E-state index contributed by atoms with van der Waals surface area (Å²) in [5.74, 6) is 3.99. The van der Waals surface area contributed by atoms with Crippen LogP contribution in [-0.4, -0.2) is 11.0 Å². The smallest absolute Gasteiger partial charge is 0.0529 e. The lowest BCUT2D eigenvalue weighted by molar-refractivity contribution is 0.00753. The summed E-state index contributed by atoms with van der Waals surface area (Å²) in [6, 6.07) is 4.91. The van der Waals surface area contributed by atoms with E-state index in [2.05, 4.69) is 16.4 Å². The molecule has 2 nitrogen and oxygen atoms in total. The van der Waals surface area contributed by atoms with Crippen LogP contribution in [0.25, 0.3) is 0 Å². The third-order valence-corrected chi connectivity index (χ3v) is 5.22. The number of rotatable bonds is 2. The SMILES string of the molecule is c1cncc(NC2C3CC4CC(C3)CC2C4)c1. The zero-order chi connectivity index (χ0) is 11.2. The quantitative estimate of drug-likeness (QED) is 0.840. The van der Waals surface area contributed by atoms with Gasteiger partial charge in [0.2, 0.25) is 0 Å². The van der Waals surface area contributed by atoms with Gasteiger partial charge >= 0.3 is 0 Å². The summed E-state index contributed by atoms with van der Waals surface area (Å²) in [6.45, 7) is 0. The lowest BCUT2D eigenvalue weighted by Gasteiger charge is -2.54. The minimum Gasteiger partial charge on any atom is -0.381 e. The van der Waals surface area contributed by atoms with Gasteiger partial charge in [0, 0.05) is 18.4 Å². The summed E-state index contributed by atoms with van der Waals surface area (Å²) in [5.41, 5.74) is 1.21. The largest absolute Gasteiger partial charge is 0.381 e. The van der Waals surface area contributed by atoms with Gasteiger partial charge in [0.1, 0.15) is 0 Å². The molecule has 0 amide bonds. The summed E-state index contributed by atoms with van der Waals surface area (Å²) >= 11 is 0. The molecular weight excluding hydrogens is 208 g/mol. The van der Waals surface area contributed by atoms with E-state index in [0.717, 1.165) is 29.7 Å². The van der Waals surface area contributed by atoms with Crippen LogP contribution in [0.15, 0.2) is 24.5 Å². The molecule has 4 saturated carbocycles. The Bertz CT molecular complexity index is 373. The molecule has 1 heterocycles. The van der Waals surface area contributed by atoms with Crippen molar-refractivity contribution in [2.45, 2.75) is 38.1 Å². The fourth-order valence-electron chi connectivity index (χ4n) is 4.80. The van der Waals surface area contributed by atoms with E-state index in [1.54, 1.807) is 0 Å². The minimum atomic E-state index is 0.729. The zero-order valence-electron chi connectivity index (χ0n) is 10.2. The van der Waals surface area contributed by atoms with Crippen molar-refractivity contribution in [2.75, 3.05) is 5.32 Å². The van der Waals surface area contributed by atoms with E-state index in [9.17, 15) is 0 Å². The molecule has 90 valence electrons. The third kappa shape index (κ3) is 1.65. The molecule has 1 aromatic rings. The maximum Gasteiger partial charge on any atom is 0.0529 e. The fraction of sp³-hybridized carbons (Fsp3) is 0.667. The van der Waals surface area contributed by atoms with E-state index >= 15 is 0 Å². The van der Waals surface area contributed by atoms with Crippen molar-refractivity contribution in [3.63, 3.8) is 0 Å².